The lowest BCUT2D eigenvalue weighted by Crippen LogP contribution is -2.12. The number of carbonyl (C=O) groups is 1. The number of nitrogens with one attached hydrogen (secondary N) is 1. The molecule has 0 radical (unpaired) electrons. The Morgan fingerprint density at radius 3 is 2.52 bits per heavy atom. The Morgan fingerprint density at radius 1 is 1.07 bits per heavy atom. The van der Waals surface area contributed by atoms with Crippen molar-refractivity contribution in [2.75, 3.05) is 11.6 Å². The zero-order valence-corrected chi connectivity index (χ0v) is 16.3. The third-order valence-electron chi connectivity index (χ3n) is 3.76. The van der Waals surface area contributed by atoms with Crippen molar-refractivity contribution in [3.63, 3.8) is 0 Å². The Bertz CT molecular complexity index is 1030. The molecule has 27 heavy (non-hydrogen) atoms. The molecule has 0 spiro atoms. The molecule has 2 aromatic carbocycles. The molecular weight excluding hydrogens is 380 g/mol. The van der Waals surface area contributed by atoms with Crippen LogP contribution in [0.25, 0.3) is 0 Å². The third-order valence-corrected chi connectivity index (χ3v) is 5.96. The number of hydrogen-bond acceptors (Lipinski definition) is 5. The van der Waals surface area contributed by atoms with E-state index in [-0.39, 0.29) is 10.8 Å². The van der Waals surface area contributed by atoms with Crippen molar-refractivity contribution < 1.29 is 13.2 Å². The molecule has 0 saturated heterocycles. The molecule has 3 aromatic rings. The van der Waals surface area contributed by atoms with Crippen LogP contribution in [0.3, 0.4) is 0 Å². The van der Waals surface area contributed by atoms with E-state index >= 15 is 0 Å². The van der Waals surface area contributed by atoms with Gasteiger partial charge in [0.1, 0.15) is 0 Å². The van der Waals surface area contributed by atoms with E-state index in [2.05, 4.69) is 10.3 Å². The van der Waals surface area contributed by atoms with Crippen LogP contribution in [0.2, 0.25) is 0 Å². The molecule has 138 valence electrons. The summed E-state index contributed by atoms with van der Waals surface area (Å²) in [4.78, 5) is 17.7. The molecule has 0 unspecified atom stereocenters. The molecule has 0 saturated carbocycles. The first-order valence-electron chi connectivity index (χ1n) is 8.15. The Hall–Kier alpha value is -2.64. The summed E-state index contributed by atoms with van der Waals surface area (Å²) in [5.74, 6) is 0.467. The van der Waals surface area contributed by atoms with Crippen molar-refractivity contribution >= 4 is 33.2 Å². The van der Waals surface area contributed by atoms with Crippen LogP contribution in [0, 0.1) is 0 Å². The van der Waals surface area contributed by atoms with Crippen LogP contribution >= 0.6 is 11.8 Å². The number of sulfone groups is 1. The molecule has 5 nitrogen and oxygen atoms in total. The normalized spacial score (nSPS) is 11.1. The average Bonchev–Trinajstić information content (AvgIpc) is 2.68. The van der Waals surface area contributed by atoms with Gasteiger partial charge in [-0.25, -0.2) is 8.42 Å². The first-order valence-corrected chi connectivity index (χ1v) is 11.0. The molecule has 0 aliphatic heterocycles. The summed E-state index contributed by atoms with van der Waals surface area (Å²) in [6.45, 7) is 0. The number of carbonyl (C=O) groups excluding carboxylic acids is 1. The van der Waals surface area contributed by atoms with Gasteiger partial charge in [0.2, 0.25) is 0 Å². The second-order valence-electron chi connectivity index (χ2n) is 5.93. The maximum atomic E-state index is 12.4. The summed E-state index contributed by atoms with van der Waals surface area (Å²) in [6.07, 6.45) is 4.70. The quantitative estimate of drug-likeness (QED) is 0.635. The van der Waals surface area contributed by atoms with Gasteiger partial charge in [-0.3, -0.25) is 9.78 Å². The second-order valence-corrected chi connectivity index (χ2v) is 8.99. The van der Waals surface area contributed by atoms with E-state index in [9.17, 15) is 13.2 Å². The SMILES string of the molecule is CS(=O)(=O)c1cccc(C(=O)Nc2ccc(SCc3cccnc3)cc2)c1. The zero-order valence-electron chi connectivity index (χ0n) is 14.6. The molecule has 3 rings (SSSR count). The molecule has 1 heterocycles. The molecule has 1 N–H and O–H groups in total. The van der Waals surface area contributed by atoms with Crippen LogP contribution in [0.5, 0.6) is 0 Å². The van der Waals surface area contributed by atoms with Gasteiger partial charge in [-0.1, -0.05) is 12.1 Å². The monoisotopic (exact) mass is 398 g/mol. The lowest BCUT2D eigenvalue weighted by Gasteiger charge is -2.08. The summed E-state index contributed by atoms with van der Waals surface area (Å²) in [7, 11) is -3.35. The molecule has 1 aromatic heterocycles. The Labute approximate surface area is 162 Å². The highest BCUT2D eigenvalue weighted by Gasteiger charge is 2.12. The smallest absolute Gasteiger partial charge is 0.255 e. The van der Waals surface area contributed by atoms with Crippen LogP contribution in [0.4, 0.5) is 5.69 Å². The fraction of sp³-hybridized carbons (Fsp3) is 0.100. The van der Waals surface area contributed by atoms with Gasteiger partial charge in [0.25, 0.3) is 5.91 Å². The number of anilines is 1. The number of pyridine rings is 1. The molecule has 0 fully saturated rings. The maximum Gasteiger partial charge on any atom is 0.255 e. The van der Waals surface area contributed by atoms with Gasteiger partial charge in [-0.05, 0) is 54.1 Å². The third kappa shape index (κ3) is 5.42. The molecule has 0 aliphatic carbocycles. The molecule has 1 amide bonds. The van der Waals surface area contributed by atoms with E-state index in [0.29, 0.717) is 11.3 Å². The van der Waals surface area contributed by atoms with Gasteiger partial charge in [-0.15, -0.1) is 11.8 Å². The number of benzene rings is 2. The lowest BCUT2D eigenvalue weighted by atomic mass is 10.2. The van der Waals surface area contributed by atoms with Crippen LogP contribution in [0.15, 0.2) is 82.8 Å². The summed E-state index contributed by atoms with van der Waals surface area (Å²) in [6, 6.07) is 17.4. The summed E-state index contributed by atoms with van der Waals surface area (Å²) < 4.78 is 23.3. The van der Waals surface area contributed by atoms with Gasteiger partial charge >= 0.3 is 0 Å². The molecule has 0 aliphatic rings. The first-order chi connectivity index (χ1) is 12.9. The van der Waals surface area contributed by atoms with E-state index in [1.54, 1.807) is 30.1 Å². The van der Waals surface area contributed by atoms with E-state index in [4.69, 9.17) is 0 Å². The van der Waals surface area contributed by atoms with Crippen molar-refractivity contribution in [1.29, 1.82) is 0 Å². The van der Waals surface area contributed by atoms with Gasteiger partial charge in [0, 0.05) is 40.5 Å². The highest BCUT2D eigenvalue weighted by molar-refractivity contribution is 7.98. The maximum absolute atomic E-state index is 12.4. The van der Waals surface area contributed by atoms with Gasteiger partial charge < -0.3 is 5.32 Å². The largest absolute Gasteiger partial charge is 0.322 e. The number of nitrogens with zero attached hydrogens (tertiary/aromatic N) is 1. The van der Waals surface area contributed by atoms with Gasteiger partial charge in [-0.2, -0.15) is 0 Å². The number of amides is 1. The zero-order chi connectivity index (χ0) is 19.3. The molecule has 0 bridgehead atoms. The van der Waals surface area contributed by atoms with Crippen molar-refractivity contribution in [2.45, 2.75) is 15.5 Å². The van der Waals surface area contributed by atoms with Crippen LogP contribution in [-0.4, -0.2) is 25.6 Å². The van der Waals surface area contributed by atoms with Gasteiger partial charge in [0.15, 0.2) is 9.84 Å². The van der Waals surface area contributed by atoms with Crippen molar-refractivity contribution in [3.05, 3.63) is 84.2 Å². The molecular formula is C20H18N2O3S2. The Balaban J connectivity index is 1.63. The molecule has 7 heteroatoms. The van der Waals surface area contributed by atoms with E-state index in [1.807, 2.05) is 42.6 Å². The fourth-order valence-electron chi connectivity index (χ4n) is 2.36. The van der Waals surface area contributed by atoms with Crippen LogP contribution in [-0.2, 0) is 15.6 Å². The number of thioether (sulfide) groups is 1. The predicted molar refractivity (Wildman–Crippen MR) is 108 cm³/mol. The minimum absolute atomic E-state index is 0.122. The average molecular weight is 399 g/mol. The highest BCUT2D eigenvalue weighted by Crippen LogP contribution is 2.24. The topological polar surface area (TPSA) is 76.1 Å². The van der Waals surface area contributed by atoms with Gasteiger partial charge in [0.05, 0.1) is 4.90 Å². The number of rotatable bonds is 6. The van der Waals surface area contributed by atoms with E-state index < -0.39 is 9.84 Å². The Morgan fingerprint density at radius 2 is 1.85 bits per heavy atom. The summed E-state index contributed by atoms with van der Waals surface area (Å²) >= 11 is 1.68. The van der Waals surface area contributed by atoms with Crippen LogP contribution in [0.1, 0.15) is 15.9 Å². The summed E-state index contributed by atoms with van der Waals surface area (Å²) in [5, 5.41) is 2.78. The summed E-state index contributed by atoms with van der Waals surface area (Å²) in [5.41, 5.74) is 2.09. The van der Waals surface area contributed by atoms with E-state index in [0.717, 1.165) is 22.5 Å². The first kappa shape index (κ1) is 19.1. The molecule has 0 atom stereocenters. The lowest BCUT2D eigenvalue weighted by molar-refractivity contribution is 0.102. The fourth-order valence-corrected chi connectivity index (χ4v) is 3.86. The number of hydrogen-bond donors (Lipinski definition) is 1. The predicted octanol–water partition coefficient (Wildman–Crippen LogP) is 4.03. The van der Waals surface area contributed by atoms with E-state index in [1.165, 1.54) is 12.1 Å². The minimum atomic E-state index is -3.35. The van der Waals surface area contributed by atoms with Crippen molar-refractivity contribution in [2.24, 2.45) is 0 Å². The second kappa shape index (κ2) is 8.37. The highest BCUT2D eigenvalue weighted by atomic mass is 32.2. The van der Waals surface area contributed by atoms with Crippen LogP contribution < -0.4 is 5.32 Å². The van der Waals surface area contributed by atoms with Crippen molar-refractivity contribution in [3.8, 4) is 0 Å². The minimum Gasteiger partial charge on any atom is -0.322 e. The standard InChI is InChI=1S/C20H18N2O3S2/c1-27(24,25)19-6-2-5-16(12-19)20(23)22-17-7-9-18(10-8-17)26-14-15-4-3-11-21-13-15/h2-13H,14H2,1H3,(H,22,23). The van der Waals surface area contributed by atoms with Crippen molar-refractivity contribution in [1.82, 2.24) is 4.98 Å². The Kier molecular flexibility index (Phi) is 5.93. The number of aromatic nitrogens is 1.